The molecule has 1 unspecified atom stereocenters. The van der Waals surface area contributed by atoms with Crippen molar-refractivity contribution < 1.29 is 14.3 Å². The number of ether oxygens (including phenoxy) is 1. The number of nitrogens with one attached hydrogen (secondary N) is 1. The van der Waals surface area contributed by atoms with Crippen molar-refractivity contribution in [3.8, 4) is 0 Å². The van der Waals surface area contributed by atoms with Crippen LogP contribution in [0.4, 0.5) is 5.69 Å². The highest BCUT2D eigenvalue weighted by Crippen LogP contribution is 2.30. The van der Waals surface area contributed by atoms with E-state index in [1.165, 1.54) is 6.42 Å². The van der Waals surface area contributed by atoms with Gasteiger partial charge in [0.25, 0.3) is 5.91 Å². The lowest BCUT2D eigenvalue weighted by Crippen LogP contribution is -2.39. The van der Waals surface area contributed by atoms with Gasteiger partial charge < -0.3 is 15.0 Å². The molecule has 1 N–H and O–H groups in total. The average Bonchev–Trinajstić information content (AvgIpc) is 2.75. The second kappa shape index (κ2) is 10.6. The van der Waals surface area contributed by atoms with Gasteiger partial charge in [-0.3, -0.25) is 4.79 Å². The van der Waals surface area contributed by atoms with E-state index in [-0.39, 0.29) is 11.9 Å². The number of anilines is 1. The van der Waals surface area contributed by atoms with E-state index in [4.69, 9.17) is 4.74 Å². The van der Waals surface area contributed by atoms with Crippen LogP contribution >= 0.6 is 15.9 Å². The van der Waals surface area contributed by atoms with Crippen molar-refractivity contribution in [3.63, 3.8) is 0 Å². The predicted molar refractivity (Wildman–Crippen MR) is 123 cm³/mol. The Morgan fingerprint density at radius 2 is 1.93 bits per heavy atom. The maximum Gasteiger partial charge on any atom is 0.338 e. The average molecular weight is 473 g/mol. The smallest absolute Gasteiger partial charge is 0.338 e. The SMILES string of the molecule is CCOC(=O)c1ccc(CCNC(=O)c2cc(Br)ccc2N2CCCCC2C)cc1. The monoisotopic (exact) mass is 472 g/mol. The van der Waals surface area contributed by atoms with E-state index in [9.17, 15) is 9.59 Å². The Morgan fingerprint density at radius 1 is 1.17 bits per heavy atom. The van der Waals surface area contributed by atoms with Crippen LogP contribution in [0.15, 0.2) is 46.9 Å². The van der Waals surface area contributed by atoms with Crippen LogP contribution in [0.3, 0.4) is 0 Å². The molecule has 0 bridgehead atoms. The number of benzene rings is 2. The van der Waals surface area contributed by atoms with Crippen molar-refractivity contribution >= 4 is 33.5 Å². The predicted octanol–water partition coefficient (Wildman–Crippen LogP) is 4.98. The maximum absolute atomic E-state index is 13.0. The molecule has 1 amide bonds. The summed E-state index contributed by atoms with van der Waals surface area (Å²) in [6, 6.07) is 13.7. The Hall–Kier alpha value is -2.34. The number of rotatable bonds is 7. The summed E-state index contributed by atoms with van der Waals surface area (Å²) < 4.78 is 5.90. The third kappa shape index (κ3) is 5.63. The lowest BCUT2D eigenvalue weighted by molar-refractivity contribution is 0.0526. The summed E-state index contributed by atoms with van der Waals surface area (Å²) in [5.74, 6) is -0.376. The fourth-order valence-electron chi connectivity index (χ4n) is 3.83. The van der Waals surface area contributed by atoms with Crippen LogP contribution in [0, 0.1) is 0 Å². The summed E-state index contributed by atoms with van der Waals surface area (Å²) in [5.41, 5.74) is 3.30. The number of piperidine rings is 1. The summed E-state index contributed by atoms with van der Waals surface area (Å²) in [6.07, 6.45) is 4.24. The number of carbonyl (C=O) groups excluding carboxylic acids is 2. The molecule has 0 saturated carbocycles. The van der Waals surface area contributed by atoms with Gasteiger partial charge in [-0.25, -0.2) is 4.79 Å². The van der Waals surface area contributed by atoms with Crippen LogP contribution in [0.2, 0.25) is 0 Å². The molecule has 30 heavy (non-hydrogen) atoms. The number of halogens is 1. The number of carbonyl (C=O) groups is 2. The number of nitrogens with zero attached hydrogens (tertiary/aromatic N) is 1. The summed E-state index contributed by atoms with van der Waals surface area (Å²) in [6.45, 7) is 5.88. The molecule has 2 aromatic carbocycles. The molecular formula is C24H29BrN2O3. The van der Waals surface area contributed by atoms with Gasteiger partial charge in [0.05, 0.1) is 17.7 Å². The molecular weight excluding hydrogens is 444 g/mol. The quantitative estimate of drug-likeness (QED) is 0.577. The molecule has 160 valence electrons. The lowest BCUT2D eigenvalue weighted by Gasteiger charge is -2.36. The summed E-state index contributed by atoms with van der Waals surface area (Å²) in [5, 5.41) is 3.05. The standard InChI is InChI=1S/C24H29BrN2O3/c1-3-30-24(29)19-9-7-18(8-10-19)13-14-26-23(28)21-16-20(25)11-12-22(21)27-15-5-4-6-17(27)2/h7-12,16-17H,3-6,13-15H2,1-2H3,(H,26,28). The second-order valence-electron chi connectivity index (χ2n) is 7.62. The van der Waals surface area contributed by atoms with Crippen molar-refractivity contribution in [2.45, 2.75) is 45.6 Å². The van der Waals surface area contributed by atoms with Crippen LogP contribution in [0.25, 0.3) is 0 Å². The van der Waals surface area contributed by atoms with Crippen LogP contribution in [0.1, 0.15) is 59.4 Å². The molecule has 1 aliphatic heterocycles. The Morgan fingerprint density at radius 3 is 2.63 bits per heavy atom. The van der Waals surface area contributed by atoms with Crippen molar-refractivity contribution in [2.75, 3.05) is 24.6 Å². The normalized spacial score (nSPS) is 16.2. The van der Waals surface area contributed by atoms with Crippen LogP contribution in [-0.2, 0) is 11.2 Å². The third-order valence-electron chi connectivity index (χ3n) is 5.48. The van der Waals surface area contributed by atoms with Crippen molar-refractivity contribution in [1.29, 1.82) is 0 Å². The molecule has 5 nitrogen and oxygen atoms in total. The Labute approximate surface area is 186 Å². The largest absolute Gasteiger partial charge is 0.462 e. The lowest BCUT2D eigenvalue weighted by atomic mass is 10.0. The molecule has 1 saturated heterocycles. The van der Waals surface area contributed by atoms with E-state index in [1.807, 2.05) is 30.3 Å². The first kappa shape index (κ1) is 22.3. The van der Waals surface area contributed by atoms with E-state index in [2.05, 4.69) is 33.1 Å². The highest BCUT2D eigenvalue weighted by atomic mass is 79.9. The minimum absolute atomic E-state index is 0.0628. The first-order chi connectivity index (χ1) is 14.5. The Balaban J connectivity index is 1.62. The first-order valence-corrected chi connectivity index (χ1v) is 11.4. The fourth-order valence-corrected chi connectivity index (χ4v) is 4.20. The minimum atomic E-state index is -0.313. The van der Waals surface area contributed by atoms with Crippen LogP contribution < -0.4 is 10.2 Å². The zero-order valence-corrected chi connectivity index (χ0v) is 19.2. The fraction of sp³-hybridized carbons (Fsp3) is 0.417. The maximum atomic E-state index is 13.0. The van der Waals surface area contributed by atoms with Gasteiger partial charge in [0.2, 0.25) is 0 Å². The van der Waals surface area contributed by atoms with Gasteiger partial charge in [0.1, 0.15) is 0 Å². The number of amides is 1. The molecule has 6 heteroatoms. The van der Waals surface area contributed by atoms with Crippen LogP contribution in [0.5, 0.6) is 0 Å². The molecule has 1 heterocycles. The first-order valence-electron chi connectivity index (χ1n) is 10.6. The molecule has 1 atom stereocenters. The third-order valence-corrected chi connectivity index (χ3v) is 5.97. The highest BCUT2D eigenvalue weighted by molar-refractivity contribution is 9.10. The molecule has 2 aromatic rings. The Bertz CT molecular complexity index is 883. The van der Waals surface area contributed by atoms with Crippen molar-refractivity contribution in [2.24, 2.45) is 0 Å². The minimum Gasteiger partial charge on any atom is -0.462 e. The van der Waals surface area contributed by atoms with Gasteiger partial charge in [-0.2, -0.15) is 0 Å². The van der Waals surface area contributed by atoms with E-state index in [0.717, 1.165) is 35.1 Å². The topological polar surface area (TPSA) is 58.6 Å². The summed E-state index contributed by atoms with van der Waals surface area (Å²) in [7, 11) is 0. The number of hydrogen-bond donors (Lipinski definition) is 1. The van der Waals surface area contributed by atoms with Crippen molar-refractivity contribution in [3.05, 3.63) is 63.6 Å². The van der Waals surface area contributed by atoms with Gasteiger partial charge in [0, 0.05) is 29.3 Å². The number of esters is 1. The van der Waals surface area contributed by atoms with Gasteiger partial charge in [-0.05, 0) is 75.4 Å². The summed E-state index contributed by atoms with van der Waals surface area (Å²) >= 11 is 3.50. The Kier molecular flexibility index (Phi) is 7.91. The zero-order valence-electron chi connectivity index (χ0n) is 17.6. The van der Waals surface area contributed by atoms with Gasteiger partial charge in [0.15, 0.2) is 0 Å². The van der Waals surface area contributed by atoms with Crippen LogP contribution in [-0.4, -0.2) is 37.6 Å². The highest BCUT2D eigenvalue weighted by Gasteiger charge is 2.23. The van der Waals surface area contributed by atoms with E-state index in [1.54, 1.807) is 19.1 Å². The van der Waals surface area contributed by atoms with E-state index in [0.29, 0.717) is 36.7 Å². The molecule has 3 rings (SSSR count). The molecule has 0 radical (unpaired) electrons. The van der Waals surface area contributed by atoms with Gasteiger partial charge >= 0.3 is 5.97 Å². The van der Waals surface area contributed by atoms with Gasteiger partial charge in [-0.1, -0.05) is 28.1 Å². The molecule has 0 aromatic heterocycles. The molecule has 0 spiro atoms. The molecule has 0 aliphatic carbocycles. The molecule has 1 fully saturated rings. The second-order valence-corrected chi connectivity index (χ2v) is 8.54. The van der Waals surface area contributed by atoms with E-state index < -0.39 is 0 Å². The summed E-state index contributed by atoms with van der Waals surface area (Å²) in [4.78, 5) is 27.0. The zero-order chi connectivity index (χ0) is 21.5. The molecule has 1 aliphatic rings. The van der Waals surface area contributed by atoms with Gasteiger partial charge in [-0.15, -0.1) is 0 Å². The number of hydrogen-bond acceptors (Lipinski definition) is 4. The van der Waals surface area contributed by atoms with Crippen molar-refractivity contribution in [1.82, 2.24) is 5.32 Å². The van der Waals surface area contributed by atoms with E-state index >= 15 is 0 Å².